The Labute approximate surface area is 68.7 Å². The maximum Gasteiger partial charge on any atom is 1.00 e. The van der Waals surface area contributed by atoms with Crippen molar-refractivity contribution < 1.29 is 50.7 Å². The molecule has 3 N–H and O–H groups in total. The van der Waals surface area contributed by atoms with Crippen molar-refractivity contribution in [2.45, 2.75) is 0 Å². The molecule has 0 fully saturated rings. The molecule has 4 nitrogen and oxygen atoms in total. The first kappa shape index (κ1) is 15.6. The topological polar surface area (TPSA) is 77.8 Å². The zero-order chi connectivity index (χ0) is 5.58. The van der Waals surface area contributed by atoms with E-state index >= 15 is 0 Å². The fourth-order valence-corrected chi connectivity index (χ4v) is 0. The molecule has 40 valence electrons. The van der Waals surface area contributed by atoms with Crippen LogP contribution in [0.25, 0.3) is 0 Å². The van der Waals surface area contributed by atoms with Gasteiger partial charge in [0.25, 0.3) is 0 Å². The third kappa shape index (κ3) is 493. The summed E-state index contributed by atoms with van der Waals surface area (Å²) >= 11 is 3.64. The van der Waals surface area contributed by atoms with Crippen molar-refractivity contribution in [1.82, 2.24) is 0 Å². The smallest absolute Gasteiger partial charge is 1.00 e. The average molecular weight is 138 g/mol. The molecule has 0 saturated heterocycles. The van der Waals surface area contributed by atoms with Crippen LogP contribution in [0, 0.1) is 0 Å². The first-order valence-corrected chi connectivity index (χ1v) is 1.16. The van der Waals surface area contributed by atoms with Crippen molar-refractivity contribution in [1.29, 1.82) is 0 Å². The zero-order valence-electron chi connectivity index (χ0n) is 4.63. The summed E-state index contributed by atoms with van der Waals surface area (Å²) in [4.78, 5) is 8.56. The number of hydrogen-bond acceptors (Lipinski definition) is 2. The Hall–Kier alpha value is 0.520. The molecule has 0 aromatic rings. The Balaban J connectivity index is -0.0000000183. The number of hydrogen-bond donors (Lipinski definition) is 3. The summed E-state index contributed by atoms with van der Waals surface area (Å²) in [5.74, 6) is 0. The molecule has 7 heavy (non-hydrogen) atoms. The van der Waals surface area contributed by atoms with Crippen LogP contribution in [0.1, 0.15) is 1.43 Å². The van der Waals surface area contributed by atoms with Gasteiger partial charge in [-0.2, -0.15) is 0 Å². The van der Waals surface area contributed by atoms with Crippen molar-refractivity contribution in [3.63, 3.8) is 0 Å². The summed E-state index contributed by atoms with van der Waals surface area (Å²) < 4.78 is 6.47. The molecule has 0 radical (unpaired) electrons. The van der Waals surface area contributed by atoms with E-state index in [0.29, 0.717) is 0 Å². The third-order valence-electron chi connectivity index (χ3n) is 0. The van der Waals surface area contributed by atoms with Gasteiger partial charge in [-0.15, -0.1) is 0 Å². The molecule has 0 unspecified atom stereocenters. The number of rotatable bonds is 0. The molecule has 0 amide bonds. The van der Waals surface area contributed by atoms with Crippen LogP contribution in [0.2, 0.25) is 0 Å². The molecule has 0 saturated carbocycles. The van der Waals surface area contributed by atoms with Gasteiger partial charge in [0, 0.05) is 0 Å². The molecule has 0 atom stereocenters. The normalized spacial score (nSPS) is 4.29. The standard InChI is InChI=1S/CH2O3.ClHO.Na.H/c2-1(3)4;1-2;;/h(H2,2,3,4);2H;;/q;;+1;-1. The van der Waals surface area contributed by atoms with E-state index in [1.807, 2.05) is 0 Å². The Morgan fingerprint density at radius 2 is 1.43 bits per heavy atom. The average Bonchev–Trinajstić information content (AvgIpc) is 1.41. The van der Waals surface area contributed by atoms with E-state index < -0.39 is 6.16 Å². The van der Waals surface area contributed by atoms with E-state index in [9.17, 15) is 0 Å². The Morgan fingerprint density at radius 3 is 1.43 bits per heavy atom. The molecule has 0 aliphatic rings. The minimum absolute atomic E-state index is 0. The zero-order valence-corrected chi connectivity index (χ0v) is 6.38. The summed E-state index contributed by atoms with van der Waals surface area (Å²) in [7, 11) is 0. The summed E-state index contributed by atoms with van der Waals surface area (Å²) in [5, 5.41) is 13.9. The Morgan fingerprint density at radius 1 is 1.43 bits per heavy atom. The predicted molar refractivity (Wildman–Crippen MR) is 19.8 cm³/mol. The summed E-state index contributed by atoms with van der Waals surface area (Å²) in [5.41, 5.74) is 0. The van der Waals surface area contributed by atoms with E-state index in [4.69, 9.17) is 19.7 Å². The number of carboxylic acid groups (broad SMARTS) is 2. The molecule has 0 aromatic carbocycles. The van der Waals surface area contributed by atoms with E-state index in [2.05, 4.69) is 11.9 Å². The fourth-order valence-electron chi connectivity index (χ4n) is 0. The maximum absolute atomic E-state index is 8.56. The van der Waals surface area contributed by atoms with Gasteiger partial charge in [-0.05, 0) is 0 Å². The van der Waals surface area contributed by atoms with Gasteiger partial charge in [-0.25, -0.2) is 4.79 Å². The van der Waals surface area contributed by atoms with Crippen LogP contribution in [-0.2, 0) is 0 Å². The number of carbonyl (C=O) groups is 1. The van der Waals surface area contributed by atoms with Crippen LogP contribution in [0.3, 0.4) is 0 Å². The SMILES string of the molecule is O=C(O)O.OCl.[H-].[Na+]. The van der Waals surface area contributed by atoms with Crippen molar-refractivity contribution in [3.8, 4) is 0 Å². The third-order valence-corrected chi connectivity index (χ3v) is 0. The molecule has 0 heterocycles. The molecule has 0 bridgehead atoms. The quantitative estimate of drug-likeness (QED) is 0.323. The Bertz CT molecular complexity index is 39.0. The van der Waals surface area contributed by atoms with Crippen LogP contribution in [0.5, 0.6) is 0 Å². The molecule has 0 aliphatic heterocycles. The van der Waals surface area contributed by atoms with Crippen LogP contribution < -0.4 is 29.6 Å². The van der Waals surface area contributed by atoms with Gasteiger partial charge in [0.05, 0.1) is 11.9 Å². The van der Waals surface area contributed by atoms with Crippen LogP contribution in [0.4, 0.5) is 4.79 Å². The van der Waals surface area contributed by atoms with Gasteiger partial charge in [-0.3, -0.25) is 4.66 Å². The van der Waals surface area contributed by atoms with Gasteiger partial charge < -0.3 is 11.6 Å². The van der Waals surface area contributed by atoms with Crippen molar-refractivity contribution >= 4 is 18.0 Å². The summed E-state index contributed by atoms with van der Waals surface area (Å²) in [6.07, 6.45) is -1.83. The monoisotopic (exact) mass is 138 g/mol. The molecular weight excluding hydrogens is 134 g/mol. The van der Waals surface area contributed by atoms with Crippen molar-refractivity contribution in [3.05, 3.63) is 0 Å². The van der Waals surface area contributed by atoms with Crippen LogP contribution >= 0.6 is 11.9 Å². The predicted octanol–water partition coefficient (Wildman–Crippen LogP) is -2.53. The largest absolute Gasteiger partial charge is 1.00 e. The first-order valence-electron chi connectivity index (χ1n) is 0.820. The first-order chi connectivity index (χ1) is 2.73. The summed E-state index contributed by atoms with van der Waals surface area (Å²) in [6.45, 7) is 0. The fraction of sp³-hybridized carbons (Fsp3) is 0. The molecule has 0 rings (SSSR count). The van der Waals surface area contributed by atoms with Crippen molar-refractivity contribution in [2.75, 3.05) is 0 Å². The molecule has 0 spiro atoms. The second-order valence-electron chi connectivity index (χ2n) is 0.283. The minimum Gasteiger partial charge on any atom is -1.00 e. The van der Waals surface area contributed by atoms with E-state index in [0.717, 1.165) is 0 Å². The second kappa shape index (κ2) is 16.0. The van der Waals surface area contributed by atoms with Gasteiger partial charge in [-0.1, -0.05) is 0 Å². The van der Waals surface area contributed by atoms with E-state index in [-0.39, 0.29) is 31.0 Å². The van der Waals surface area contributed by atoms with Gasteiger partial charge in [0.2, 0.25) is 0 Å². The second-order valence-corrected chi connectivity index (χ2v) is 0.283. The Kier molecular flexibility index (Phi) is 35.8. The minimum atomic E-state index is -1.83. The van der Waals surface area contributed by atoms with E-state index in [1.54, 1.807) is 0 Å². The molecule has 0 aromatic heterocycles. The van der Waals surface area contributed by atoms with Gasteiger partial charge in [0.15, 0.2) is 0 Å². The maximum atomic E-state index is 8.56. The van der Waals surface area contributed by atoms with Crippen LogP contribution in [-0.4, -0.2) is 21.0 Å². The van der Waals surface area contributed by atoms with Gasteiger partial charge in [0.1, 0.15) is 0 Å². The number of halogens is 1. The van der Waals surface area contributed by atoms with Crippen LogP contribution in [0.15, 0.2) is 0 Å². The van der Waals surface area contributed by atoms with Gasteiger partial charge >= 0.3 is 35.7 Å². The molecular formula is CH4ClNaO4. The van der Waals surface area contributed by atoms with Crippen molar-refractivity contribution in [2.24, 2.45) is 0 Å². The summed E-state index contributed by atoms with van der Waals surface area (Å²) in [6, 6.07) is 0. The van der Waals surface area contributed by atoms with E-state index in [1.165, 1.54) is 0 Å². The molecule has 6 heteroatoms. The molecule has 0 aliphatic carbocycles.